The lowest BCUT2D eigenvalue weighted by Gasteiger charge is -2.08. The van der Waals surface area contributed by atoms with Crippen LogP contribution in [0.5, 0.6) is 0 Å². The molecule has 0 aliphatic carbocycles. The quantitative estimate of drug-likeness (QED) is 0.542. The van der Waals surface area contributed by atoms with Gasteiger partial charge >= 0.3 is 0 Å². The number of hydrogen-bond acceptors (Lipinski definition) is 3. The van der Waals surface area contributed by atoms with Crippen LogP contribution in [-0.2, 0) is 9.53 Å². The van der Waals surface area contributed by atoms with Gasteiger partial charge in [-0.1, -0.05) is 20.8 Å². The van der Waals surface area contributed by atoms with Crippen LogP contribution in [-0.4, -0.2) is 38.8 Å². The summed E-state index contributed by atoms with van der Waals surface area (Å²) < 4.78 is 5.34. The number of rotatable bonds is 11. The average Bonchev–Trinajstić information content (AvgIpc) is 2.27. The van der Waals surface area contributed by atoms with Crippen molar-refractivity contribution in [3.8, 4) is 0 Å². The van der Waals surface area contributed by atoms with E-state index >= 15 is 0 Å². The smallest absolute Gasteiger partial charge is 0.233 e. The fraction of sp³-hybridized carbons (Fsp3) is 0.923. The first-order valence-corrected chi connectivity index (χ1v) is 6.72. The molecule has 0 aliphatic rings. The van der Waals surface area contributed by atoms with Crippen molar-refractivity contribution in [2.24, 2.45) is 5.92 Å². The third-order valence-corrected chi connectivity index (χ3v) is 2.32. The average molecular weight is 244 g/mol. The largest absolute Gasteiger partial charge is 0.381 e. The van der Waals surface area contributed by atoms with E-state index in [1.807, 2.05) is 0 Å². The van der Waals surface area contributed by atoms with Gasteiger partial charge in [0.2, 0.25) is 5.91 Å². The zero-order chi connectivity index (χ0) is 12.9. The molecular weight excluding hydrogens is 216 g/mol. The first-order chi connectivity index (χ1) is 8.16. The first kappa shape index (κ1) is 16.4. The van der Waals surface area contributed by atoms with Gasteiger partial charge in [-0.05, 0) is 31.7 Å². The monoisotopic (exact) mass is 244 g/mol. The molecule has 102 valence electrons. The second-order valence-electron chi connectivity index (χ2n) is 4.68. The van der Waals surface area contributed by atoms with Gasteiger partial charge in [-0.2, -0.15) is 0 Å². The van der Waals surface area contributed by atoms with Crippen LogP contribution in [0.15, 0.2) is 0 Å². The van der Waals surface area contributed by atoms with Crippen LogP contribution in [0.3, 0.4) is 0 Å². The summed E-state index contributed by atoms with van der Waals surface area (Å²) in [4.78, 5) is 11.4. The predicted octanol–water partition coefficient (Wildman–Crippen LogP) is 1.55. The summed E-state index contributed by atoms with van der Waals surface area (Å²) >= 11 is 0. The molecule has 0 atom stereocenters. The van der Waals surface area contributed by atoms with Crippen LogP contribution in [0.25, 0.3) is 0 Å². The molecule has 0 spiro atoms. The summed E-state index contributed by atoms with van der Waals surface area (Å²) in [6.07, 6.45) is 3.06. The SMILES string of the molecule is CCCOCCCNCC(=O)NCCC(C)C. The highest BCUT2D eigenvalue weighted by atomic mass is 16.5. The maximum Gasteiger partial charge on any atom is 0.233 e. The van der Waals surface area contributed by atoms with Crippen molar-refractivity contribution < 1.29 is 9.53 Å². The third kappa shape index (κ3) is 13.3. The van der Waals surface area contributed by atoms with Gasteiger partial charge in [-0.25, -0.2) is 0 Å². The molecule has 0 heterocycles. The second kappa shape index (κ2) is 11.9. The Balaban J connectivity index is 3.16. The molecule has 4 nitrogen and oxygen atoms in total. The Kier molecular flexibility index (Phi) is 11.4. The molecule has 0 unspecified atom stereocenters. The molecule has 1 amide bonds. The van der Waals surface area contributed by atoms with E-state index in [9.17, 15) is 4.79 Å². The molecule has 17 heavy (non-hydrogen) atoms. The Morgan fingerprint density at radius 2 is 2.00 bits per heavy atom. The van der Waals surface area contributed by atoms with E-state index in [1.54, 1.807) is 0 Å². The van der Waals surface area contributed by atoms with Crippen molar-refractivity contribution in [2.45, 2.75) is 40.0 Å². The summed E-state index contributed by atoms with van der Waals surface area (Å²) in [5.74, 6) is 0.721. The fourth-order valence-corrected chi connectivity index (χ4v) is 1.31. The van der Waals surface area contributed by atoms with Gasteiger partial charge in [0.05, 0.1) is 6.54 Å². The minimum Gasteiger partial charge on any atom is -0.381 e. The number of carbonyl (C=O) groups is 1. The van der Waals surface area contributed by atoms with Gasteiger partial charge in [0.25, 0.3) is 0 Å². The highest BCUT2D eigenvalue weighted by Crippen LogP contribution is 1.95. The van der Waals surface area contributed by atoms with Gasteiger partial charge < -0.3 is 15.4 Å². The summed E-state index contributed by atoms with van der Waals surface area (Å²) in [6, 6.07) is 0. The molecule has 0 rings (SSSR count). The van der Waals surface area contributed by atoms with Crippen molar-refractivity contribution in [1.82, 2.24) is 10.6 Å². The molecule has 0 aromatic carbocycles. The van der Waals surface area contributed by atoms with E-state index in [-0.39, 0.29) is 5.91 Å². The zero-order valence-corrected chi connectivity index (χ0v) is 11.6. The van der Waals surface area contributed by atoms with Crippen molar-refractivity contribution >= 4 is 5.91 Å². The molecule has 0 saturated heterocycles. The van der Waals surface area contributed by atoms with Gasteiger partial charge in [0.15, 0.2) is 0 Å². The Hall–Kier alpha value is -0.610. The summed E-state index contributed by atoms with van der Waals surface area (Å²) in [6.45, 7) is 10.0. The molecule has 0 aromatic heterocycles. The maximum atomic E-state index is 11.4. The van der Waals surface area contributed by atoms with Crippen LogP contribution >= 0.6 is 0 Å². The van der Waals surface area contributed by atoms with Crippen LogP contribution in [0, 0.1) is 5.92 Å². The molecule has 0 fully saturated rings. The maximum absolute atomic E-state index is 11.4. The summed E-state index contributed by atoms with van der Waals surface area (Å²) in [7, 11) is 0. The minimum atomic E-state index is 0.0835. The lowest BCUT2D eigenvalue weighted by molar-refractivity contribution is -0.120. The third-order valence-electron chi connectivity index (χ3n) is 2.32. The Labute approximate surface area is 105 Å². The number of hydrogen-bond donors (Lipinski definition) is 2. The van der Waals surface area contributed by atoms with E-state index in [0.29, 0.717) is 12.5 Å². The van der Waals surface area contributed by atoms with Crippen LogP contribution < -0.4 is 10.6 Å². The standard InChI is InChI=1S/C13H28N2O2/c1-4-9-17-10-5-7-14-11-13(16)15-8-6-12(2)3/h12,14H,4-11H2,1-3H3,(H,15,16). The number of carbonyl (C=O) groups excluding carboxylic acids is 1. The van der Waals surface area contributed by atoms with Crippen molar-refractivity contribution in [2.75, 3.05) is 32.8 Å². The molecule has 2 N–H and O–H groups in total. The first-order valence-electron chi connectivity index (χ1n) is 6.72. The Bertz CT molecular complexity index is 184. The van der Waals surface area contributed by atoms with E-state index in [1.165, 1.54) is 0 Å². The van der Waals surface area contributed by atoms with Crippen molar-refractivity contribution in [1.29, 1.82) is 0 Å². The number of ether oxygens (including phenoxy) is 1. The number of nitrogens with one attached hydrogen (secondary N) is 2. The molecule has 0 radical (unpaired) electrons. The predicted molar refractivity (Wildman–Crippen MR) is 71.1 cm³/mol. The molecule has 0 bridgehead atoms. The zero-order valence-electron chi connectivity index (χ0n) is 11.6. The lowest BCUT2D eigenvalue weighted by Crippen LogP contribution is -2.35. The highest BCUT2D eigenvalue weighted by molar-refractivity contribution is 5.77. The van der Waals surface area contributed by atoms with Crippen molar-refractivity contribution in [3.63, 3.8) is 0 Å². The normalized spacial score (nSPS) is 10.8. The summed E-state index contributed by atoms with van der Waals surface area (Å²) in [5, 5.41) is 6.00. The van der Waals surface area contributed by atoms with Gasteiger partial charge in [-0.3, -0.25) is 4.79 Å². The second-order valence-corrected chi connectivity index (χ2v) is 4.68. The van der Waals surface area contributed by atoms with Crippen LogP contribution in [0.4, 0.5) is 0 Å². The van der Waals surface area contributed by atoms with E-state index in [2.05, 4.69) is 31.4 Å². The van der Waals surface area contributed by atoms with Crippen LogP contribution in [0.1, 0.15) is 40.0 Å². The van der Waals surface area contributed by atoms with E-state index in [4.69, 9.17) is 4.74 Å². The van der Waals surface area contributed by atoms with E-state index in [0.717, 1.165) is 45.6 Å². The van der Waals surface area contributed by atoms with Crippen molar-refractivity contribution in [3.05, 3.63) is 0 Å². The molecule has 0 aliphatic heterocycles. The van der Waals surface area contributed by atoms with Gasteiger partial charge in [0.1, 0.15) is 0 Å². The van der Waals surface area contributed by atoms with E-state index < -0.39 is 0 Å². The minimum absolute atomic E-state index is 0.0835. The number of amides is 1. The molecule has 0 saturated carbocycles. The fourth-order valence-electron chi connectivity index (χ4n) is 1.31. The van der Waals surface area contributed by atoms with Gasteiger partial charge in [-0.15, -0.1) is 0 Å². The molecular formula is C13H28N2O2. The topological polar surface area (TPSA) is 50.4 Å². The summed E-state index contributed by atoms with van der Waals surface area (Å²) in [5.41, 5.74) is 0. The highest BCUT2D eigenvalue weighted by Gasteiger charge is 2.00. The Morgan fingerprint density at radius 1 is 1.24 bits per heavy atom. The molecule has 0 aromatic rings. The Morgan fingerprint density at radius 3 is 2.65 bits per heavy atom. The molecule has 4 heteroatoms. The van der Waals surface area contributed by atoms with Gasteiger partial charge in [0, 0.05) is 19.8 Å². The lowest BCUT2D eigenvalue weighted by atomic mass is 10.1. The van der Waals surface area contributed by atoms with Crippen LogP contribution in [0.2, 0.25) is 0 Å².